The molecule has 1 aliphatic heterocycles. The molecule has 0 unspecified atom stereocenters. The summed E-state index contributed by atoms with van der Waals surface area (Å²) in [7, 11) is -3.95. The van der Waals surface area contributed by atoms with Crippen molar-refractivity contribution in [2.24, 2.45) is 5.92 Å². The average molecular weight is 351 g/mol. The number of nitrogens with one attached hydrogen (secondary N) is 1. The lowest BCUT2D eigenvalue weighted by Crippen LogP contribution is -2.41. The zero-order valence-corrected chi connectivity index (χ0v) is 15.9. The van der Waals surface area contributed by atoms with Crippen LogP contribution in [0.1, 0.15) is 46.1 Å². The summed E-state index contributed by atoms with van der Waals surface area (Å²) in [5, 5.41) is 0. The number of hydrogen-bond donors (Lipinski definition) is 1. The van der Waals surface area contributed by atoms with Crippen molar-refractivity contribution in [3.05, 3.63) is 23.8 Å². The maximum atomic E-state index is 12.5. The third-order valence-electron chi connectivity index (χ3n) is 5.27. The molecule has 7 heteroatoms. The molecule has 2 fully saturated rings. The summed E-state index contributed by atoms with van der Waals surface area (Å²) >= 11 is 0. The number of hydrogen-bond acceptors (Lipinski definition) is 4. The second-order valence-corrected chi connectivity index (χ2v) is 9.64. The van der Waals surface area contributed by atoms with E-state index in [4.69, 9.17) is 9.31 Å². The lowest BCUT2D eigenvalue weighted by atomic mass is 9.78. The van der Waals surface area contributed by atoms with E-state index in [0.29, 0.717) is 22.9 Å². The zero-order chi connectivity index (χ0) is 17.8. The van der Waals surface area contributed by atoms with Crippen LogP contribution < -0.4 is 10.2 Å². The second kappa shape index (κ2) is 5.83. The number of benzene rings is 1. The van der Waals surface area contributed by atoms with E-state index in [2.05, 4.69) is 4.72 Å². The summed E-state index contributed by atoms with van der Waals surface area (Å²) in [4.78, 5) is 0.323. The van der Waals surface area contributed by atoms with E-state index in [1.54, 1.807) is 19.1 Å². The van der Waals surface area contributed by atoms with Crippen LogP contribution in [-0.2, 0) is 19.3 Å². The van der Waals surface area contributed by atoms with Crippen LogP contribution in [-0.4, -0.2) is 33.3 Å². The Labute approximate surface area is 145 Å². The van der Waals surface area contributed by atoms with Gasteiger partial charge in [0.25, 0.3) is 0 Å². The smallest absolute Gasteiger partial charge is 0.399 e. The fourth-order valence-electron chi connectivity index (χ4n) is 2.73. The van der Waals surface area contributed by atoms with Crippen LogP contribution in [0.3, 0.4) is 0 Å². The van der Waals surface area contributed by atoms with Gasteiger partial charge in [0, 0.05) is 6.54 Å². The summed E-state index contributed by atoms with van der Waals surface area (Å²) in [6.07, 6.45) is 2.23. The van der Waals surface area contributed by atoms with Crippen molar-refractivity contribution in [1.82, 2.24) is 4.72 Å². The minimum Gasteiger partial charge on any atom is -0.399 e. The molecule has 132 valence electrons. The van der Waals surface area contributed by atoms with Gasteiger partial charge in [-0.25, -0.2) is 13.1 Å². The minimum atomic E-state index is -3.46. The SMILES string of the molecule is Cc1cc(B2OC(C)(C)C(C)(C)O2)ccc1S(=O)(=O)NCC1CC1. The van der Waals surface area contributed by atoms with Gasteiger partial charge in [-0.05, 0) is 70.5 Å². The Morgan fingerprint density at radius 3 is 2.25 bits per heavy atom. The largest absolute Gasteiger partial charge is 0.494 e. The Bertz CT molecular complexity index is 725. The van der Waals surface area contributed by atoms with Gasteiger partial charge in [0.2, 0.25) is 10.0 Å². The first-order chi connectivity index (χ1) is 11.0. The molecule has 0 aromatic heterocycles. The van der Waals surface area contributed by atoms with Crippen LogP contribution in [0.15, 0.2) is 23.1 Å². The molecule has 2 aliphatic rings. The molecule has 5 nitrogen and oxygen atoms in total. The van der Waals surface area contributed by atoms with Crippen molar-refractivity contribution >= 4 is 22.6 Å². The van der Waals surface area contributed by atoms with Gasteiger partial charge in [0.1, 0.15) is 0 Å². The molecule has 0 bridgehead atoms. The van der Waals surface area contributed by atoms with E-state index < -0.39 is 28.3 Å². The topological polar surface area (TPSA) is 64.6 Å². The quantitative estimate of drug-likeness (QED) is 0.824. The van der Waals surface area contributed by atoms with Gasteiger partial charge in [0.05, 0.1) is 16.1 Å². The fraction of sp³-hybridized carbons (Fsp3) is 0.647. The summed E-state index contributed by atoms with van der Waals surface area (Å²) in [6, 6.07) is 5.26. The molecule has 0 radical (unpaired) electrons. The molecular formula is C17H26BNO4S. The second-order valence-electron chi connectivity index (χ2n) is 7.91. The Kier molecular flexibility index (Phi) is 4.36. The van der Waals surface area contributed by atoms with E-state index in [1.807, 2.05) is 33.8 Å². The van der Waals surface area contributed by atoms with Gasteiger partial charge in [-0.15, -0.1) is 0 Å². The van der Waals surface area contributed by atoms with E-state index >= 15 is 0 Å². The Balaban J connectivity index is 1.80. The highest BCUT2D eigenvalue weighted by molar-refractivity contribution is 7.89. The highest BCUT2D eigenvalue weighted by Crippen LogP contribution is 2.36. The van der Waals surface area contributed by atoms with Gasteiger partial charge in [-0.2, -0.15) is 0 Å². The highest BCUT2D eigenvalue weighted by Gasteiger charge is 2.51. The summed E-state index contributed by atoms with van der Waals surface area (Å²) < 4.78 is 39.7. The maximum absolute atomic E-state index is 12.5. The van der Waals surface area contributed by atoms with Gasteiger partial charge in [-0.3, -0.25) is 0 Å². The highest BCUT2D eigenvalue weighted by atomic mass is 32.2. The molecule has 0 amide bonds. The summed E-state index contributed by atoms with van der Waals surface area (Å²) in [5.41, 5.74) is 0.711. The van der Waals surface area contributed by atoms with Crippen molar-refractivity contribution in [2.45, 2.75) is 63.6 Å². The van der Waals surface area contributed by atoms with Crippen LogP contribution in [0.4, 0.5) is 0 Å². The Morgan fingerprint density at radius 2 is 1.75 bits per heavy atom. The Hall–Kier alpha value is -0.885. The molecular weight excluding hydrogens is 325 g/mol. The monoisotopic (exact) mass is 351 g/mol. The summed E-state index contributed by atoms with van der Waals surface area (Å²) in [5.74, 6) is 0.504. The van der Waals surface area contributed by atoms with Crippen LogP contribution in [0, 0.1) is 12.8 Å². The summed E-state index contributed by atoms with van der Waals surface area (Å²) in [6.45, 7) is 10.3. The normalized spacial score (nSPS) is 22.8. The number of aryl methyl sites for hydroxylation is 1. The predicted molar refractivity (Wildman–Crippen MR) is 94.8 cm³/mol. The van der Waals surface area contributed by atoms with Gasteiger partial charge in [-0.1, -0.05) is 12.1 Å². The lowest BCUT2D eigenvalue weighted by Gasteiger charge is -2.32. The molecule has 1 aliphatic carbocycles. The van der Waals surface area contributed by atoms with Crippen LogP contribution in [0.2, 0.25) is 0 Å². The average Bonchev–Trinajstić information content (AvgIpc) is 3.24. The zero-order valence-electron chi connectivity index (χ0n) is 15.0. The van der Waals surface area contributed by atoms with Crippen molar-refractivity contribution in [2.75, 3.05) is 6.54 Å². The predicted octanol–water partition coefficient (Wildman–Crippen LogP) is 1.98. The van der Waals surface area contributed by atoms with Gasteiger partial charge >= 0.3 is 7.12 Å². The first-order valence-corrected chi connectivity index (χ1v) is 9.96. The first-order valence-electron chi connectivity index (χ1n) is 8.48. The fourth-order valence-corrected chi connectivity index (χ4v) is 4.07. The molecule has 24 heavy (non-hydrogen) atoms. The van der Waals surface area contributed by atoms with E-state index in [0.717, 1.165) is 18.3 Å². The molecule has 0 spiro atoms. The maximum Gasteiger partial charge on any atom is 0.494 e. The van der Waals surface area contributed by atoms with Crippen molar-refractivity contribution in [3.63, 3.8) is 0 Å². The lowest BCUT2D eigenvalue weighted by molar-refractivity contribution is 0.00578. The molecule has 0 atom stereocenters. The van der Waals surface area contributed by atoms with E-state index in [-0.39, 0.29) is 0 Å². The van der Waals surface area contributed by atoms with Crippen molar-refractivity contribution < 1.29 is 17.7 Å². The Morgan fingerprint density at radius 1 is 1.17 bits per heavy atom. The molecule has 1 aromatic rings. The first kappa shape index (κ1) is 17.9. The number of rotatable bonds is 5. The third-order valence-corrected chi connectivity index (χ3v) is 6.86. The van der Waals surface area contributed by atoms with Crippen LogP contribution in [0.5, 0.6) is 0 Å². The molecule has 1 N–H and O–H groups in total. The standard InChI is InChI=1S/C17H26BNO4S/c1-12-10-14(18-22-16(2,3)17(4,5)23-18)8-9-15(12)24(20,21)19-11-13-6-7-13/h8-10,13,19H,6-7,11H2,1-5H3. The molecule has 1 saturated carbocycles. The van der Waals surface area contributed by atoms with Crippen molar-refractivity contribution in [3.8, 4) is 0 Å². The molecule has 1 heterocycles. The number of sulfonamides is 1. The third kappa shape index (κ3) is 3.40. The minimum absolute atomic E-state index is 0.323. The molecule has 1 aromatic carbocycles. The van der Waals surface area contributed by atoms with Crippen molar-refractivity contribution in [1.29, 1.82) is 0 Å². The molecule has 1 saturated heterocycles. The van der Waals surface area contributed by atoms with Crippen LogP contribution >= 0.6 is 0 Å². The van der Waals surface area contributed by atoms with Gasteiger partial charge < -0.3 is 9.31 Å². The molecule has 3 rings (SSSR count). The van der Waals surface area contributed by atoms with E-state index in [9.17, 15) is 8.42 Å². The van der Waals surface area contributed by atoms with Crippen LogP contribution in [0.25, 0.3) is 0 Å². The van der Waals surface area contributed by atoms with Gasteiger partial charge in [0.15, 0.2) is 0 Å². The van der Waals surface area contributed by atoms with E-state index in [1.165, 1.54) is 0 Å².